The Morgan fingerprint density at radius 2 is 1.92 bits per heavy atom. The molecular formula is C19H37N3O2S. The minimum atomic E-state index is -0.625. The molecule has 25 heavy (non-hydrogen) atoms. The van der Waals surface area contributed by atoms with E-state index in [0.29, 0.717) is 24.5 Å². The fraction of sp³-hybridized carbons (Fsp3) is 0.947. The van der Waals surface area contributed by atoms with Crippen molar-refractivity contribution in [3.05, 3.63) is 0 Å². The van der Waals surface area contributed by atoms with Gasteiger partial charge in [0.1, 0.15) is 0 Å². The van der Waals surface area contributed by atoms with Crippen LogP contribution in [0.25, 0.3) is 0 Å². The van der Waals surface area contributed by atoms with E-state index in [1.807, 2.05) is 11.8 Å². The highest BCUT2D eigenvalue weighted by molar-refractivity contribution is 8.00. The summed E-state index contributed by atoms with van der Waals surface area (Å²) in [5, 5.41) is 17.6. The Kier molecular flexibility index (Phi) is 9.42. The maximum atomic E-state index is 10.7. The van der Waals surface area contributed by atoms with E-state index in [1.165, 1.54) is 38.5 Å². The number of aliphatic hydroxyl groups is 1. The van der Waals surface area contributed by atoms with Crippen LogP contribution in [0.3, 0.4) is 0 Å². The molecule has 0 spiro atoms. The summed E-state index contributed by atoms with van der Waals surface area (Å²) >= 11 is 1.85. The summed E-state index contributed by atoms with van der Waals surface area (Å²) in [5.74, 6) is 1.83. The first kappa shape index (κ1) is 20.8. The van der Waals surface area contributed by atoms with Crippen molar-refractivity contribution in [2.75, 3.05) is 32.0 Å². The molecule has 0 aromatic rings. The average molecular weight is 372 g/mol. The first-order valence-corrected chi connectivity index (χ1v) is 11.2. The van der Waals surface area contributed by atoms with Crippen LogP contribution >= 0.6 is 11.8 Å². The second-order valence-corrected chi connectivity index (χ2v) is 8.67. The van der Waals surface area contributed by atoms with Gasteiger partial charge in [0.15, 0.2) is 5.96 Å². The summed E-state index contributed by atoms with van der Waals surface area (Å²) in [6.07, 6.45) is 10.1. The second-order valence-electron chi connectivity index (χ2n) is 7.19. The Bertz CT molecular complexity index is 400. The molecule has 2 fully saturated rings. The van der Waals surface area contributed by atoms with Crippen LogP contribution in [-0.4, -0.2) is 60.0 Å². The SMILES string of the molecule is CCNC(=NCC1(O)CCC1SCC)NCCOC1CCCCCC1. The number of nitrogens with zero attached hydrogens (tertiary/aromatic N) is 1. The lowest BCUT2D eigenvalue weighted by molar-refractivity contribution is -0.0154. The molecule has 2 unspecified atom stereocenters. The van der Waals surface area contributed by atoms with Gasteiger partial charge in [-0.1, -0.05) is 32.6 Å². The quantitative estimate of drug-likeness (QED) is 0.252. The zero-order valence-electron chi connectivity index (χ0n) is 16.1. The molecular weight excluding hydrogens is 334 g/mol. The lowest BCUT2D eigenvalue weighted by Gasteiger charge is -2.44. The van der Waals surface area contributed by atoms with Gasteiger partial charge in [-0.15, -0.1) is 0 Å². The van der Waals surface area contributed by atoms with Crippen LogP contribution < -0.4 is 10.6 Å². The monoisotopic (exact) mass is 371 g/mol. The minimum Gasteiger partial charge on any atom is -0.387 e. The van der Waals surface area contributed by atoms with Crippen molar-refractivity contribution >= 4 is 17.7 Å². The topological polar surface area (TPSA) is 65.9 Å². The molecule has 0 bridgehead atoms. The fourth-order valence-electron chi connectivity index (χ4n) is 3.58. The van der Waals surface area contributed by atoms with Gasteiger partial charge in [-0.3, -0.25) is 4.99 Å². The zero-order valence-corrected chi connectivity index (χ0v) is 16.9. The minimum absolute atomic E-state index is 0.336. The van der Waals surface area contributed by atoms with Gasteiger partial charge in [0.25, 0.3) is 0 Å². The third-order valence-electron chi connectivity index (χ3n) is 5.21. The van der Waals surface area contributed by atoms with Crippen LogP contribution in [0.2, 0.25) is 0 Å². The number of thioether (sulfide) groups is 1. The molecule has 2 atom stereocenters. The van der Waals surface area contributed by atoms with Crippen LogP contribution in [0.4, 0.5) is 0 Å². The van der Waals surface area contributed by atoms with Crippen molar-refractivity contribution in [3.8, 4) is 0 Å². The molecule has 0 heterocycles. The molecule has 0 aromatic heterocycles. The van der Waals surface area contributed by atoms with Crippen LogP contribution in [0.1, 0.15) is 65.2 Å². The third-order valence-corrected chi connectivity index (χ3v) is 6.62. The standard InChI is InChI=1S/C19H37N3O2S/c1-3-20-18(22-15-19(23)12-11-17(19)25-4-2)21-13-14-24-16-9-7-5-6-8-10-16/h16-17,23H,3-15H2,1-2H3,(H2,20,21,22). The van der Waals surface area contributed by atoms with E-state index in [4.69, 9.17) is 4.74 Å². The molecule has 0 radical (unpaired) electrons. The van der Waals surface area contributed by atoms with Gasteiger partial charge in [0, 0.05) is 18.3 Å². The van der Waals surface area contributed by atoms with Crippen molar-refractivity contribution in [2.45, 2.75) is 82.2 Å². The predicted molar refractivity (Wildman–Crippen MR) is 108 cm³/mol. The molecule has 5 nitrogen and oxygen atoms in total. The molecule has 2 saturated carbocycles. The second kappa shape index (κ2) is 11.3. The molecule has 6 heteroatoms. The van der Waals surface area contributed by atoms with E-state index in [2.05, 4.69) is 29.5 Å². The lowest BCUT2D eigenvalue weighted by Crippen LogP contribution is -2.53. The van der Waals surface area contributed by atoms with E-state index in [0.717, 1.165) is 37.6 Å². The fourth-order valence-corrected chi connectivity index (χ4v) is 4.77. The molecule has 0 aromatic carbocycles. The summed E-state index contributed by atoms with van der Waals surface area (Å²) in [5.41, 5.74) is -0.625. The number of rotatable bonds is 9. The highest BCUT2D eigenvalue weighted by Crippen LogP contribution is 2.41. The van der Waals surface area contributed by atoms with Crippen molar-refractivity contribution < 1.29 is 9.84 Å². The largest absolute Gasteiger partial charge is 0.387 e. The summed E-state index contributed by atoms with van der Waals surface area (Å²) in [6.45, 7) is 6.98. The summed E-state index contributed by atoms with van der Waals surface area (Å²) < 4.78 is 6.02. The van der Waals surface area contributed by atoms with Gasteiger partial charge in [-0.05, 0) is 38.4 Å². The summed E-state index contributed by atoms with van der Waals surface area (Å²) in [4.78, 5) is 4.61. The molecule has 0 amide bonds. The van der Waals surface area contributed by atoms with Crippen LogP contribution in [0, 0.1) is 0 Å². The molecule has 146 valence electrons. The van der Waals surface area contributed by atoms with E-state index >= 15 is 0 Å². The van der Waals surface area contributed by atoms with Crippen molar-refractivity contribution in [3.63, 3.8) is 0 Å². The molecule has 2 aliphatic carbocycles. The molecule has 0 saturated heterocycles. The van der Waals surface area contributed by atoms with Crippen molar-refractivity contribution in [2.24, 2.45) is 4.99 Å². The Labute approximate surface area is 157 Å². The first-order valence-electron chi connectivity index (χ1n) is 10.2. The number of ether oxygens (including phenoxy) is 1. The lowest BCUT2D eigenvalue weighted by atomic mass is 9.79. The molecule has 0 aliphatic heterocycles. The maximum Gasteiger partial charge on any atom is 0.191 e. The number of hydrogen-bond donors (Lipinski definition) is 3. The highest BCUT2D eigenvalue weighted by Gasteiger charge is 2.45. The van der Waals surface area contributed by atoms with Crippen LogP contribution in [-0.2, 0) is 4.74 Å². The summed E-state index contributed by atoms with van der Waals surface area (Å²) in [6, 6.07) is 0. The molecule has 3 N–H and O–H groups in total. The Hall–Kier alpha value is -0.460. The van der Waals surface area contributed by atoms with E-state index in [1.54, 1.807) is 0 Å². The van der Waals surface area contributed by atoms with Gasteiger partial charge in [0.05, 0.1) is 24.9 Å². The number of nitrogens with one attached hydrogen (secondary N) is 2. The van der Waals surface area contributed by atoms with E-state index < -0.39 is 5.60 Å². The normalized spacial score (nSPS) is 28.3. The maximum absolute atomic E-state index is 10.7. The Morgan fingerprint density at radius 1 is 1.16 bits per heavy atom. The van der Waals surface area contributed by atoms with Gasteiger partial charge >= 0.3 is 0 Å². The third kappa shape index (κ3) is 6.99. The van der Waals surface area contributed by atoms with E-state index in [-0.39, 0.29) is 0 Å². The van der Waals surface area contributed by atoms with Gasteiger partial charge in [0.2, 0.25) is 0 Å². The first-order chi connectivity index (χ1) is 12.2. The highest BCUT2D eigenvalue weighted by atomic mass is 32.2. The average Bonchev–Trinajstić information content (AvgIpc) is 2.88. The van der Waals surface area contributed by atoms with Crippen LogP contribution in [0.5, 0.6) is 0 Å². The van der Waals surface area contributed by atoms with Crippen LogP contribution in [0.15, 0.2) is 4.99 Å². The van der Waals surface area contributed by atoms with Gasteiger partial charge in [-0.25, -0.2) is 0 Å². The predicted octanol–water partition coefficient (Wildman–Crippen LogP) is 2.93. The molecule has 2 aliphatic rings. The number of aliphatic imine (C=N–C) groups is 1. The molecule has 2 rings (SSSR count). The van der Waals surface area contributed by atoms with Gasteiger partial charge < -0.3 is 20.5 Å². The van der Waals surface area contributed by atoms with Crippen molar-refractivity contribution in [1.82, 2.24) is 10.6 Å². The number of hydrogen-bond acceptors (Lipinski definition) is 4. The summed E-state index contributed by atoms with van der Waals surface area (Å²) in [7, 11) is 0. The van der Waals surface area contributed by atoms with E-state index in [9.17, 15) is 5.11 Å². The van der Waals surface area contributed by atoms with Crippen molar-refractivity contribution in [1.29, 1.82) is 0 Å². The zero-order chi connectivity index (χ0) is 18.0. The Morgan fingerprint density at radius 3 is 2.52 bits per heavy atom. The Balaban J connectivity index is 1.70. The smallest absolute Gasteiger partial charge is 0.191 e. The number of guanidine groups is 1. The van der Waals surface area contributed by atoms with Gasteiger partial charge in [-0.2, -0.15) is 11.8 Å².